The Morgan fingerprint density at radius 3 is 2.00 bits per heavy atom. The molecule has 0 heterocycles. The summed E-state index contributed by atoms with van der Waals surface area (Å²) in [5.74, 6) is 0.306. The summed E-state index contributed by atoms with van der Waals surface area (Å²) < 4.78 is 4.89. The Morgan fingerprint density at radius 1 is 1.15 bits per heavy atom. The van der Waals surface area contributed by atoms with Crippen molar-refractivity contribution in [2.45, 2.75) is 40.5 Å². The van der Waals surface area contributed by atoms with Crippen molar-refractivity contribution in [1.29, 1.82) is 0 Å². The van der Waals surface area contributed by atoms with Crippen LogP contribution in [0.3, 0.4) is 0 Å². The first-order valence-electron chi connectivity index (χ1n) is 4.33. The molecule has 3 nitrogen and oxygen atoms in total. The second-order valence-corrected chi connectivity index (χ2v) is 2.99. The van der Waals surface area contributed by atoms with E-state index in [4.69, 9.17) is 4.74 Å². The van der Waals surface area contributed by atoms with Crippen molar-refractivity contribution in [3.8, 4) is 0 Å². The van der Waals surface area contributed by atoms with E-state index in [1.807, 2.05) is 6.92 Å². The van der Waals surface area contributed by atoms with E-state index in [1.54, 1.807) is 6.92 Å². The number of hydrogen-bond donors (Lipinski definition) is 0. The monoisotopic (exact) mass is 184 g/mol. The SMILES string of the molecule is CC/C(CC(C)=O)=C(\C)OC(C)=O. The fourth-order valence-electron chi connectivity index (χ4n) is 1.09. The minimum Gasteiger partial charge on any atom is -0.432 e. The summed E-state index contributed by atoms with van der Waals surface area (Å²) in [5.41, 5.74) is 0.891. The number of ketones is 1. The van der Waals surface area contributed by atoms with Crippen molar-refractivity contribution in [2.24, 2.45) is 0 Å². The van der Waals surface area contributed by atoms with Crippen LogP contribution < -0.4 is 0 Å². The van der Waals surface area contributed by atoms with Crippen LogP contribution in [0.25, 0.3) is 0 Å². The van der Waals surface area contributed by atoms with Crippen LogP contribution in [0.1, 0.15) is 40.5 Å². The topological polar surface area (TPSA) is 43.4 Å². The Balaban J connectivity index is 4.48. The summed E-state index contributed by atoms with van der Waals surface area (Å²) >= 11 is 0. The standard InChI is InChI=1S/C10H16O3/c1-5-10(6-7(2)11)8(3)13-9(4)12/h5-6H2,1-4H3/b10-8-. The minimum atomic E-state index is -0.341. The average Bonchev–Trinajstić information content (AvgIpc) is 1.98. The van der Waals surface area contributed by atoms with Gasteiger partial charge in [0, 0.05) is 13.3 Å². The van der Waals surface area contributed by atoms with E-state index in [0.717, 1.165) is 12.0 Å². The zero-order chi connectivity index (χ0) is 10.4. The maximum atomic E-state index is 10.8. The van der Waals surface area contributed by atoms with Gasteiger partial charge in [-0.25, -0.2) is 0 Å². The van der Waals surface area contributed by atoms with Gasteiger partial charge >= 0.3 is 5.97 Å². The van der Waals surface area contributed by atoms with Crippen LogP contribution in [0, 0.1) is 0 Å². The molecule has 0 spiro atoms. The molecule has 74 valence electrons. The molecule has 0 rings (SSSR count). The van der Waals surface area contributed by atoms with E-state index in [1.165, 1.54) is 13.8 Å². The summed E-state index contributed by atoms with van der Waals surface area (Å²) in [6.45, 7) is 6.52. The highest BCUT2D eigenvalue weighted by atomic mass is 16.5. The van der Waals surface area contributed by atoms with Gasteiger partial charge in [-0.05, 0) is 25.8 Å². The van der Waals surface area contributed by atoms with Crippen LogP contribution in [-0.4, -0.2) is 11.8 Å². The molecular weight excluding hydrogens is 168 g/mol. The number of Topliss-reactive ketones (excluding diaryl/α,β-unsaturated/α-hetero) is 1. The molecule has 13 heavy (non-hydrogen) atoms. The molecule has 0 atom stereocenters. The second kappa shape index (κ2) is 5.51. The summed E-state index contributed by atoms with van der Waals surface area (Å²) in [6, 6.07) is 0. The van der Waals surface area contributed by atoms with Gasteiger partial charge in [-0.1, -0.05) is 6.92 Å². The highest BCUT2D eigenvalue weighted by Gasteiger charge is 2.06. The molecule has 0 unspecified atom stereocenters. The first-order chi connectivity index (χ1) is 5.97. The molecule has 0 saturated carbocycles. The van der Waals surface area contributed by atoms with Crippen molar-refractivity contribution in [3.05, 3.63) is 11.3 Å². The van der Waals surface area contributed by atoms with Crippen molar-refractivity contribution >= 4 is 11.8 Å². The lowest BCUT2D eigenvalue weighted by Crippen LogP contribution is -2.02. The highest BCUT2D eigenvalue weighted by Crippen LogP contribution is 2.14. The number of hydrogen-bond acceptors (Lipinski definition) is 3. The van der Waals surface area contributed by atoms with Crippen LogP contribution in [0.2, 0.25) is 0 Å². The van der Waals surface area contributed by atoms with Crippen LogP contribution in [-0.2, 0) is 14.3 Å². The molecule has 0 aromatic heterocycles. The maximum absolute atomic E-state index is 10.8. The minimum absolute atomic E-state index is 0.0864. The zero-order valence-corrected chi connectivity index (χ0v) is 8.64. The van der Waals surface area contributed by atoms with Gasteiger partial charge in [0.1, 0.15) is 11.5 Å². The largest absolute Gasteiger partial charge is 0.432 e. The Kier molecular flexibility index (Phi) is 5.04. The quantitative estimate of drug-likeness (QED) is 0.497. The Bertz CT molecular complexity index is 239. The Morgan fingerprint density at radius 2 is 1.69 bits per heavy atom. The Labute approximate surface area is 78.8 Å². The third-order valence-corrected chi connectivity index (χ3v) is 1.68. The molecule has 3 heteroatoms. The molecule has 0 aliphatic heterocycles. The number of carbonyl (C=O) groups is 2. The molecule has 0 aliphatic rings. The summed E-state index contributed by atoms with van der Waals surface area (Å²) in [7, 11) is 0. The van der Waals surface area contributed by atoms with E-state index < -0.39 is 0 Å². The molecule has 0 aromatic rings. The van der Waals surface area contributed by atoms with E-state index in [9.17, 15) is 9.59 Å². The van der Waals surface area contributed by atoms with Gasteiger partial charge in [-0.15, -0.1) is 0 Å². The lowest BCUT2D eigenvalue weighted by Gasteiger charge is -2.07. The molecule has 0 bridgehead atoms. The molecule has 0 radical (unpaired) electrons. The lowest BCUT2D eigenvalue weighted by molar-refractivity contribution is -0.137. The van der Waals surface area contributed by atoms with Gasteiger partial charge in [-0.3, -0.25) is 9.59 Å². The lowest BCUT2D eigenvalue weighted by atomic mass is 10.1. The van der Waals surface area contributed by atoms with E-state index in [0.29, 0.717) is 12.2 Å². The van der Waals surface area contributed by atoms with Gasteiger partial charge in [0.2, 0.25) is 0 Å². The first kappa shape index (κ1) is 11.9. The maximum Gasteiger partial charge on any atom is 0.307 e. The van der Waals surface area contributed by atoms with Crippen LogP contribution in [0.4, 0.5) is 0 Å². The van der Waals surface area contributed by atoms with Crippen molar-refractivity contribution in [2.75, 3.05) is 0 Å². The molecule has 0 aliphatic carbocycles. The third kappa shape index (κ3) is 5.17. The Hall–Kier alpha value is -1.12. The molecule has 0 amide bonds. The summed E-state index contributed by atoms with van der Waals surface area (Å²) in [6.07, 6.45) is 1.11. The van der Waals surface area contributed by atoms with Gasteiger partial charge in [0.15, 0.2) is 0 Å². The van der Waals surface area contributed by atoms with Crippen molar-refractivity contribution in [1.82, 2.24) is 0 Å². The van der Waals surface area contributed by atoms with Gasteiger partial charge in [-0.2, -0.15) is 0 Å². The number of ether oxygens (including phenoxy) is 1. The van der Waals surface area contributed by atoms with E-state index in [2.05, 4.69) is 0 Å². The normalized spacial score (nSPS) is 12.0. The molecule has 0 saturated heterocycles. The van der Waals surface area contributed by atoms with E-state index >= 15 is 0 Å². The van der Waals surface area contributed by atoms with Crippen molar-refractivity contribution in [3.63, 3.8) is 0 Å². The number of carbonyl (C=O) groups excluding carboxylic acids is 2. The van der Waals surface area contributed by atoms with Crippen LogP contribution in [0.15, 0.2) is 11.3 Å². The zero-order valence-electron chi connectivity index (χ0n) is 8.64. The summed E-state index contributed by atoms with van der Waals surface area (Å²) in [5, 5.41) is 0. The second-order valence-electron chi connectivity index (χ2n) is 2.99. The molecular formula is C10H16O3. The van der Waals surface area contributed by atoms with Gasteiger partial charge in [0.05, 0.1) is 0 Å². The number of rotatable bonds is 4. The van der Waals surface area contributed by atoms with Crippen LogP contribution in [0.5, 0.6) is 0 Å². The fourth-order valence-corrected chi connectivity index (χ4v) is 1.09. The summed E-state index contributed by atoms with van der Waals surface area (Å²) in [4.78, 5) is 21.4. The molecule has 0 fully saturated rings. The van der Waals surface area contributed by atoms with Gasteiger partial charge in [0.25, 0.3) is 0 Å². The third-order valence-electron chi connectivity index (χ3n) is 1.68. The molecule has 0 aromatic carbocycles. The fraction of sp³-hybridized carbons (Fsp3) is 0.600. The predicted molar refractivity (Wildman–Crippen MR) is 50.1 cm³/mol. The van der Waals surface area contributed by atoms with Crippen molar-refractivity contribution < 1.29 is 14.3 Å². The smallest absolute Gasteiger partial charge is 0.307 e. The number of allylic oxidation sites excluding steroid dienone is 2. The van der Waals surface area contributed by atoms with Crippen LogP contribution >= 0.6 is 0 Å². The van der Waals surface area contributed by atoms with Gasteiger partial charge < -0.3 is 4.74 Å². The highest BCUT2D eigenvalue weighted by molar-refractivity contribution is 5.78. The average molecular weight is 184 g/mol. The first-order valence-corrected chi connectivity index (χ1v) is 4.33. The number of esters is 1. The van der Waals surface area contributed by atoms with E-state index in [-0.39, 0.29) is 11.8 Å². The molecule has 0 N–H and O–H groups in total. The predicted octanol–water partition coefficient (Wildman–Crippen LogP) is 2.21.